The molecule has 0 unspecified atom stereocenters. The first-order chi connectivity index (χ1) is 17.6. The van der Waals surface area contributed by atoms with Crippen molar-refractivity contribution in [3.63, 3.8) is 0 Å². The van der Waals surface area contributed by atoms with Gasteiger partial charge in [-0.3, -0.25) is 4.79 Å². The molecule has 1 aliphatic rings. The summed E-state index contributed by atoms with van der Waals surface area (Å²) in [5.41, 5.74) is 5.90. The molecule has 5 nitrogen and oxygen atoms in total. The third kappa shape index (κ3) is 5.82. The fraction of sp³-hybridized carbons (Fsp3) is 0.179. The van der Waals surface area contributed by atoms with E-state index in [1.165, 1.54) is 22.8 Å². The Morgan fingerprint density at radius 2 is 1.78 bits per heavy atom. The number of amides is 1. The second-order valence-electron chi connectivity index (χ2n) is 8.60. The molecule has 190 valence electrons. The number of carbonyl (C=O) groups is 1. The number of nitrogens with one attached hydrogen (secondary N) is 1. The maximum atomic E-state index is 14.0. The van der Waals surface area contributed by atoms with E-state index >= 15 is 0 Å². The van der Waals surface area contributed by atoms with Crippen molar-refractivity contribution in [3.8, 4) is 28.3 Å². The topological polar surface area (TPSA) is 57.5 Å². The van der Waals surface area contributed by atoms with Gasteiger partial charge in [0.2, 0.25) is 0 Å². The lowest BCUT2D eigenvalue weighted by Gasteiger charge is -2.21. The number of aromatic nitrogens is 1. The molecule has 9 heteroatoms. The molecule has 1 aromatic heterocycles. The van der Waals surface area contributed by atoms with Gasteiger partial charge in [0.05, 0.1) is 17.0 Å². The molecule has 1 amide bonds. The molecule has 0 spiro atoms. The highest BCUT2D eigenvalue weighted by Crippen LogP contribution is 2.42. The van der Waals surface area contributed by atoms with Gasteiger partial charge in [-0.25, -0.2) is 0 Å². The SMILES string of the molecule is CN(C)CCNC(=O)c1ccc(O)c(-c2ccc(-c3ccc(Br)cc3)n2C2=C=C=CC=C2C(F)(F)F)c1. The molecule has 37 heavy (non-hydrogen) atoms. The van der Waals surface area contributed by atoms with Crippen LogP contribution >= 0.6 is 15.9 Å². The summed E-state index contributed by atoms with van der Waals surface area (Å²) >= 11 is 3.38. The van der Waals surface area contributed by atoms with E-state index in [0.29, 0.717) is 24.3 Å². The van der Waals surface area contributed by atoms with Crippen molar-refractivity contribution in [2.45, 2.75) is 6.18 Å². The largest absolute Gasteiger partial charge is 0.507 e. The van der Waals surface area contributed by atoms with Gasteiger partial charge in [-0.2, -0.15) is 13.2 Å². The number of rotatable bonds is 7. The molecule has 1 heterocycles. The number of nitrogens with zero attached hydrogens (tertiary/aromatic N) is 2. The van der Waals surface area contributed by atoms with Crippen molar-refractivity contribution in [3.05, 3.63) is 93.8 Å². The molecule has 0 radical (unpaired) electrons. The Morgan fingerprint density at radius 3 is 2.46 bits per heavy atom. The van der Waals surface area contributed by atoms with E-state index in [4.69, 9.17) is 0 Å². The molecule has 4 rings (SSSR count). The lowest BCUT2D eigenvalue weighted by Crippen LogP contribution is -2.31. The summed E-state index contributed by atoms with van der Waals surface area (Å²) in [6.07, 6.45) is -2.56. The van der Waals surface area contributed by atoms with Gasteiger partial charge in [0.25, 0.3) is 5.91 Å². The van der Waals surface area contributed by atoms with Crippen molar-refractivity contribution in [1.29, 1.82) is 0 Å². The van der Waals surface area contributed by atoms with Crippen LogP contribution in [0.1, 0.15) is 10.4 Å². The average Bonchev–Trinajstić information content (AvgIpc) is 3.28. The van der Waals surface area contributed by atoms with Gasteiger partial charge in [-0.1, -0.05) is 33.8 Å². The van der Waals surface area contributed by atoms with E-state index in [1.54, 1.807) is 36.4 Å². The Hall–Kier alpha value is -3.74. The lowest BCUT2D eigenvalue weighted by molar-refractivity contribution is -0.0875. The van der Waals surface area contributed by atoms with Gasteiger partial charge >= 0.3 is 6.18 Å². The van der Waals surface area contributed by atoms with Crippen LogP contribution in [-0.2, 0) is 0 Å². The summed E-state index contributed by atoms with van der Waals surface area (Å²) in [4.78, 5) is 14.7. The molecule has 0 bridgehead atoms. The summed E-state index contributed by atoms with van der Waals surface area (Å²) in [5, 5.41) is 13.5. The summed E-state index contributed by atoms with van der Waals surface area (Å²) in [5.74, 6) is -0.537. The van der Waals surface area contributed by atoms with Gasteiger partial charge in [-0.15, -0.1) is 0 Å². The first kappa shape index (κ1) is 26.3. The second kappa shape index (κ2) is 10.7. The highest BCUT2D eigenvalue weighted by atomic mass is 79.9. The Morgan fingerprint density at radius 1 is 1.08 bits per heavy atom. The quantitative estimate of drug-likeness (QED) is 0.331. The number of phenols is 1. The zero-order valence-electron chi connectivity index (χ0n) is 20.0. The predicted molar refractivity (Wildman–Crippen MR) is 141 cm³/mol. The molecule has 0 saturated heterocycles. The number of halogens is 4. The molecule has 3 aromatic rings. The first-order valence-electron chi connectivity index (χ1n) is 11.3. The number of phenolic OH excluding ortho intramolecular Hbond substituents is 1. The summed E-state index contributed by atoms with van der Waals surface area (Å²) in [7, 11) is 3.77. The number of benzene rings is 2. The standard InChI is InChI=1S/C28H23BrF3N3O2/c1-34(2)16-15-33-27(37)19-9-14-26(36)21(17-19)24-13-12-23(18-7-10-20(29)11-8-18)35(24)25-6-4-3-5-22(25)28(30,31)32/h3,5,7-14,17,36H,15-16H2,1-2H3,(H,33,37). The van der Waals surface area contributed by atoms with E-state index in [1.807, 2.05) is 19.0 Å². The van der Waals surface area contributed by atoms with Crippen LogP contribution in [0.4, 0.5) is 13.2 Å². The van der Waals surface area contributed by atoms with E-state index in [0.717, 1.165) is 16.6 Å². The molecular weight excluding hydrogens is 547 g/mol. The van der Waals surface area contributed by atoms with Crippen LogP contribution < -0.4 is 5.32 Å². The summed E-state index contributed by atoms with van der Waals surface area (Å²) in [6, 6.07) is 14.7. The molecule has 0 fully saturated rings. The van der Waals surface area contributed by atoms with Crippen molar-refractivity contribution in [1.82, 2.24) is 14.8 Å². The maximum Gasteiger partial charge on any atom is 0.419 e. The minimum atomic E-state index is -4.66. The first-order valence-corrected chi connectivity index (χ1v) is 12.1. The van der Waals surface area contributed by atoms with Crippen LogP contribution in [0.2, 0.25) is 0 Å². The normalized spacial score (nSPS) is 13.1. The predicted octanol–water partition coefficient (Wildman–Crippen LogP) is 6.24. The third-order valence-electron chi connectivity index (χ3n) is 5.71. The minimum absolute atomic E-state index is 0.181. The Labute approximate surface area is 220 Å². The van der Waals surface area contributed by atoms with Crippen molar-refractivity contribution in [2.24, 2.45) is 0 Å². The van der Waals surface area contributed by atoms with Gasteiger partial charge in [0, 0.05) is 28.7 Å². The Bertz CT molecular complexity index is 1470. The van der Waals surface area contributed by atoms with Crippen LogP contribution in [-0.4, -0.2) is 53.8 Å². The third-order valence-corrected chi connectivity index (χ3v) is 6.24. The number of allylic oxidation sites excluding steroid dienone is 4. The average molecular weight is 570 g/mol. The summed E-state index contributed by atoms with van der Waals surface area (Å²) in [6.45, 7) is 1.05. The van der Waals surface area contributed by atoms with Crippen LogP contribution in [0.25, 0.3) is 28.2 Å². The van der Waals surface area contributed by atoms with Crippen LogP contribution in [0.3, 0.4) is 0 Å². The van der Waals surface area contributed by atoms with Gasteiger partial charge < -0.3 is 19.9 Å². The van der Waals surface area contributed by atoms with E-state index in [-0.39, 0.29) is 34.2 Å². The lowest BCUT2D eigenvalue weighted by atomic mass is 10.0. The molecule has 0 atom stereocenters. The van der Waals surface area contributed by atoms with Crippen LogP contribution in [0.15, 0.2) is 88.3 Å². The van der Waals surface area contributed by atoms with Gasteiger partial charge in [-0.05, 0) is 80.0 Å². The molecule has 1 aliphatic carbocycles. The van der Waals surface area contributed by atoms with E-state index in [9.17, 15) is 23.1 Å². The smallest absolute Gasteiger partial charge is 0.419 e. The van der Waals surface area contributed by atoms with Gasteiger partial charge in [0.1, 0.15) is 11.4 Å². The number of aromatic hydroxyl groups is 1. The Kier molecular flexibility index (Phi) is 7.62. The zero-order chi connectivity index (χ0) is 26.7. The van der Waals surface area contributed by atoms with Crippen molar-refractivity contribution >= 4 is 27.5 Å². The summed E-state index contributed by atoms with van der Waals surface area (Å²) < 4.78 is 44.3. The van der Waals surface area contributed by atoms with Crippen molar-refractivity contribution < 1.29 is 23.1 Å². The number of likely N-dealkylation sites (N-methyl/N-ethyl adjacent to an activating group) is 1. The molecule has 0 saturated carbocycles. The molecule has 2 N–H and O–H groups in total. The fourth-order valence-corrected chi connectivity index (χ4v) is 4.16. The van der Waals surface area contributed by atoms with Crippen LogP contribution in [0, 0.1) is 0 Å². The van der Waals surface area contributed by atoms with E-state index in [2.05, 4.69) is 32.7 Å². The molecule has 0 aliphatic heterocycles. The zero-order valence-corrected chi connectivity index (χ0v) is 21.6. The number of carbonyl (C=O) groups excluding carboxylic acids is 1. The second-order valence-corrected chi connectivity index (χ2v) is 9.52. The van der Waals surface area contributed by atoms with E-state index < -0.39 is 11.7 Å². The minimum Gasteiger partial charge on any atom is -0.507 e. The molecular formula is C28H23BrF3N3O2. The highest BCUT2D eigenvalue weighted by molar-refractivity contribution is 9.10. The number of alkyl halides is 3. The highest BCUT2D eigenvalue weighted by Gasteiger charge is 2.38. The van der Waals surface area contributed by atoms with Crippen molar-refractivity contribution in [2.75, 3.05) is 27.2 Å². The van der Waals surface area contributed by atoms with Crippen LogP contribution in [0.5, 0.6) is 5.75 Å². The molecule has 2 aromatic carbocycles. The number of hydrogen-bond donors (Lipinski definition) is 2. The maximum absolute atomic E-state index is 14.0. The Balaban J connectivity index is 1.88. The monoisotopic (exact) mass is 569 g/mol. The number of hydrogen-bond acceptors (Lipinski definition) is 3. The fourth-order valence-electron chi connectivity index (χ4n) is 3.90. The van der Waals surface area contributed by atoms with Gasteiger partial charge in [0.15, 0.2) is 0 Å².